The van der Waals surface area contributed by atoms with Crippen molar-refractivity contribution < 1.29 is 26.9 Å². The first kappa shape index (κ1) is 19.7. The SMILES string of the molecule is C[C@H](NS(=O)(=O)c1ccccc1F)C(=O)OCc1cc(-c2ccccc2)on1. The van der Waals surface area contributed by atoms with Crippen LogP contribution >= 0.6 is 0 Å². The molecule has 2 aromatic carbocycles. The minimum atomic E-state index is -4.21. The highest BCUT2D eigenvalue weighted by molar-refractivity contribution is 7.89. The van der Waals surface area contributed by atoms with Crippen molar-refractivity contribution in [3.63, 3.8) is 0 Å². The number of benzene rings is 2. The molecule has 28 heavy (non-hydrogen) atoms. The lowest BCUT2D eigenvalue weighted by Crippen LogP contribution is -2.39. The Balaban J connectivity index is 1.59. The normalized spacial score (nSPS) is 12.5. The fraction of sp³-hybridized carbons (Fsp3) is 0.158. The van der Waals surface area contributed by atoms with Gasteiger partial charge < -0.3 is 9.26 Å². The van der Waals surface area contributed by atoms with Gasteiger partial charge >= 0.3 is 5.97 Å². The van der Waals surface area contributed by atoms with Gasteiger partial charge in [-0.05, 0) is 19.1 Å². The number of halogens is 1. The summed E-state index contributed by atoms with van der Waals surface area (Å²) in [5.41, 5.74) is 1.19. The second kappa shape index (κ2) is 8.32. The lowest BCUT2D eigenvalue weighted by Gasteiger charge is -2.13. The Labute approximate surface area is 161 Å². The van der Waals surface area contributed by atoms with E-state index in [-0.39, 0.29) is 6.61 Å². The Hall–Kier alpha value is -3.04. The molecule has 1 heterocycles. The van der Waals surface area contributed by atoms with Crippen LogP contribution in [0.25, 0.3) is 11.3 Å². The quantitative estimate of drug-likeness (QED) is 0.608. The highest BCUT2D eigenvalue weighted by atomic mass is 32.2. The molecule has 0 aliphatic rings. The summed E-state index contributed by atoms with van der Waals surface area (Å²) in [4.78, 5) is 11.5. The average Bonchev–Trinajstić information content (AvgIpc) is 3.15. The van der Waals surface area contributed by atoms with E-state index in [1.54, 1.807) is 6.07 Å². The number of carbonyl (C=O) groups is 1. The first-order valence-corrected chi connectivity index (χ1v) is 9.79. The van der Waals surface area contributed by atoms with E-state index in [1.165, 1.54) is 19.1 Å². The molecule has 0 saturated carbocycles. The highest BCUT2D eigenvalue weighted by Crippen LogP contribution is 2.20. The van der Waals surface area contributed by atoms with Crippen LogP contribution in [0.15, 0.2) is 70.1 Å². The molecule has 0 amide bonds. The zero-order valence-electron chi connectivity index (χ0n) is 14.8. The number of esters is 1. The Bertz CT molecular complexity index is 1070. The molecule has 0 unspecified atom stereocenters. The van der Waals surface area contributed by atoms with Crippen LogP contribution in [0.3, 0.4) is 0 Å². The van der Waals surface area contributed by atoms with Crippen LogP contribution in [0, 0.1) is 5.82 Å². The molecule has 0 bridgehead atoms. The van der Waals surface area contributed by atoms with E-state index < -0.39 is 32.7 Å². The topological polar surface area (TPSA) is 98.5 Å². The molecule has 1 N–H and O–H groups in total. The summed E-state index contributed by atoms with van der Waals surface area (Å²) in [6.45, 7) is 1.11. The second-order valence-corrected chi connectivity index (χ2v) is 7.61. The minimum absolute atomic E-state index is 0.194. The van der Waals surface area contributed by atoms with Gasteiger partial charge in [0.15, 0.2) is 5.76 Å². The fourth-order valence-corrected chi connectivity index (χ4v) is 3.67. The maximum Gasteiger partial charge on any atom is 0.324 e. The number of nitrogens with one attached hydrogen (secondary N) is 1. The summed E-state index contributed by atoms with van der Waals surface area (Å²) in [5, 5.41) is 3.82. The molecule has 0 aliphatic heterocycles. The standard InChI is InChI=1S/C19H17FN2O5S/c1-13(22-28(24,25)18-10-6-5-9-16(18)20)19(23)26-12-15-11-17(27-21-15)14-7-3-2-4-8-14/h2-11,13,22H,12H2,1H3/t13-/m0/s1. The summed E-state index contributed by atoms with van der Waals surface area (Å²) in [6.07, 6.45) is 0. The zero-order chi connectivity index (χ0) is 20.1. The molecule has 3 rings (SSSR count). The van der Waals surface area contributed by atoms with Crippen molar-refractivity contribution in [2.75, 3.05) is 0 Å². The van der Waals surface area contributed by atoms with E-state index in [1.807, 2.05) is 30.3 Å². The molecule has 0 radical (unpaired) electrons. The third-order valence-corrected chi connectivity index (χ3v) is 5.37. The summed E-state index contributed by atoms with van der Waals surface area (Å²) in [7, 11) is -4.21. The largest absolute Gasteiger partial charge is 0.458 e. The van der Waals surface area contributed by atoms with E-state index in [2.05, 4.69) is 9.88 Å². The van der Waals surface area contributed by atoms with Gasteiger partial charge in [-0.3, -0.25) is 4.79 Å². The van der Waals surface area contributed by atoms with Crippen molar-refractivity contribution in [3.8, 4) is 11.3 Å². The molecule has 1 aromatic heterocycles. The first-order valence-electron chi connectivity index (χ1n) is 8.31. The van der Waals surface area contributed by atoms with E-state index in [4.69, 9.17) is 9.26 Å². The minimum Gasteiger partial charge on any atom is -0.458 e. The molecular formula is C19H17FN2O5S. The van der Waals surface area contributed by atoms with Gasteiger partial charge in [-0.25, -0.2) is 12.8 Å². The van der Waals surface area contributed by atoms with Crippen molar-refractivity contribution >= 4 is 16.0 Å². The molecule has 0 saturated heterocycles. The number of aromatic nitrogens is 1. The Morgan fingerprint density at radius 3 is 2.57 bits per heavy atom. The van der Waals surface area contributed by atoms with Gasteiger partial charge in [0.1, 0.15) is 29.1 Å². The molecule has 7 nitrogen and oxygen atoms in total. The van der Waals surface area contributed by atoms with Crippen LogP contribution in [-0.2, 0) is 26.2 Å². The van der Waals surface area contributed by atoms with Crippen LogP contribution in [-0.4, -0.2) is 25.6 Å². The average molecular weight is 404 g/mol. The summed E-state index contributed by atoms with van der Waals surface area (Å²) < 4.78 is 50.5. The molecule has 9 heteroatoms. The van der Waals surface area contributed by atoms with Crippen LogP contribution in [0.2, 0.25) is 0 Å². The summed E-state index contributed by atoms with van der Waals surface area (Å²) >= 11 is 0. The fourth-order valence-electron chi connectivity index (χ4n) is 2.40. The lowest BCUT2D eigenvalue weighted by molar-refractivity contribution is -0.146. The number of ether oxygens (including phenoxy) is 1. The first-order chi connectivity index (χ1) is 13.4. The molecule has 0 aliphatic carbocycles. The summed E-state index contributed by atoms with van der Waals surface area (Å²) in [6, 6.07) is 14.5. The predicted octanol–water partition coefficient (Wildman–Crippen LogP) is 2.89. The lowest BCUT2D eigenvalue weighted by atomic mass is 10.2. The van der Waals surface area contributed by atoms with Gasteiger partial charge in [-0.15, -0.1) is 0 Å². The Kier molecular flexibility index (Phi) is 5.86. The highest BCUT2D eigenvalue weighted by Gasteiger charge is 2.25. The number of carbonyl (C=O) groups excluding carboxylic acids is 1. The molecule has 0 spiro atoms. The van der Waals surface area contributed by atoms with E-state index in [0.29, 0.717) is 11.5 Å². The van der Waals surface area contributed by atoms with Crippen molar-refractivity contribution in [1.29, 1.82) is 0 Å². The monoisotopic (exact) mass is 404 g/mol. The van der Waals surface area contributed by atoms with Crippen LogP contribution in [0.5, 0.6) is 0 Å². The van der Waals surface area contributed by atoms with Crippen molar-refractivity contribution in [2.24, 2.45) is 0 Å². The number of hydrogen-bond donors (Lipinski definition) is 1. The van der Waals surface area contributed by atoms with Crippen molar-refractivity contribution in [1.82, 2.24) is 9.88 Å². The smallest absolute Gasteiger partial charge is 0.324 e. The van der Waals surface area contributed by atoms with Gasteiger partial charge in [0, 0.05) is 11.6 Å². The van der Waals surface area contributed by atoms with E-state index >= 15 is 0 Å². The maximum absolute atomic E-state index is 13.7. The summed E-state index contributed by atoms with van der Waals surface area (Å²) in [5.74, 6) is -1.23. The van der Waals surface area contributed by atoms with Crippen molar-refractivity contribution in [2.45, 2.75) is 24.5 Å². The van der Waals surface area contributed by atoms with E-state index in [9.17, 15) is 17.6 Å². The maximum atomic E-state index is 13.7. The van der Waals surface area contributed by atoms with Gasteiger partial charge in [-0.1, -0.05) is 47.6 Å². The third kappa shape index (κ3) is 4.62. The second-order valence-electron chi connectivity index (χ2n) is 5.93. The number of rotatable bonds is 7. The van der Waals surface area contributed by atoms with E-state index in [0.717, 1.165) is 17.7 Å². The molecule has 1 atom stereocenters. The Morgan fingerprint density at radius 1 is 1.18 bits per heavy atom. The van der Waals surface area contributed by atoms with Crippen LogP contribution in [0.1, 0.15) is 12.6 Å². The van der Waals surface area contributed by atoms with Gasteiger partial charge in [0.2, 0.25) is 10.0 Å². The third-order valence-electron chi connectivity index (χ3n) is 3.79. The van der Waals surface area contributed by atoms with Crippen LogP contribution < -0.4 is 4.72 Å². The molecule has 146 valence electrons. The predicted molar refractivity (Wildman–Crippen MR) is 97.9 cm³/mol. The van der Waals surface area contributed by atoms with Gasteiger partial charge in [0.05, 0.1) is 0 Å². The number of hydrogen-bond acceptors (Lipinski definition) is 6. The number of nitrogens with zero attached hydrogens (tertiary/aromatic N) is 1. The van der Waals surface area contributed by atoms with Gasteiger partial charge in [0.25, 0.3) is 0 Å². The molecule has 3 aromatic rings. The van der Waals surface area contributed by atoms with Crippen LogP contribution in [0.4, 0.5) is 4.39 Å². The number of sulfonamides is 1. The van der Waals surface area contributed by atoms with Gasteiger partial charge in [-0.2, -0.15) is 4.72 Å². The molecule has 0 fully saturated rings. The Morgan fingerprint density at radius 2 is 1.86 bits per heavy atom. The molecular weight excluding hydrogens is 387 g/mol. The van der Waals surface area contributed by atoms with Crippen molar-refractivity contribution in [3.05, 3.63) is 72.2 Å². The zero-order valence-corrected chi connectivity index (χ0v) is 15.6.